The number of anilines is 1. The van der Waals surface area contributed by atoms with Gasteiger partial charge in [0.25, 0.3) is 0 Å². The van der Waals surface area contributed by atoms with E-state index in [-0.39, 0.29) is 6.04 Å². The predicted molar refractivity (Wildman–Crippen MR) is 103 cm³/mol. The van der Waals surface area contributed by atoms with Crippen molar-refractivity contribution in [1.82, 2.24) is 9.78 Å². The van der Waals surface area contributed by atoms with Crippen LogP contribution in [0.2, 0.25) is 10.0 Å². The van der Waals surface area contributed by atoms with E-state index in [0.29, 0.717) is 16.6 Å². The molecule has 0 fully saturated rings. The topological polar surface area (TPSA) is 55.9 Å². The van der Waals surface area contributed by atoms with Crippen molar-refractivity contribution in [2.75, 3.05) is 11.9 Å². The Bertz CT molecular complexity index is 828. The normalized spacial score (nSPS) is 12.3. The van der Waals surface area contributed by atoms with Crippen LogP contribution >= 0.6 is 34.5 Å². The molecule has 1 aromatic carbocycles. The second-order valence-electron chi connectivity index (χ2n) is 5.57. The van der Waals surface area contributed by atoms with Gasteiger partial charge in [-0.05, 0) is 36.2 Å². The van der Waals surface area contributed by atoms with Gasteiger partial charge in [-0.15, -0.1) is 11.3 Å². The average Bonchev–Trinajstić information content (AvgIpc) is 3.19. The summed E-state index contributed by atoms with van der Waals surface area (Å²) in [4.78, 5) is 0. The molecule has 0 aliphatic rings. The Balaban J connectivity index is 1.70. The second kappa shape index (κ2) is 7.57. The molecule has 2 heterocycles. The smallest absolute Gasteiger partial charge is 0.0892 e. The predicted octanol–water partition coefficient (Wildman–Crippen LogP) is 4.44. The summed E-state index contributed by atoms with van der Waals surface area (Å²) in [6, 6.07) is 9.94. The quantitative estimate of drug-likeness (QED) is 0.664. The zero-order valence-electron chi connectivity index (χ0n) is 13.2. The van der Waals surface area contributed by atoms with Crippen LogP contribution in [-0.2, 0) is 13.5 Å². The molecule has 0 aliphatic heterocycles. The fourth-order valence-electron chi connectivity index (χ4n) is 2.55. The van der Waals surface area contributed by atoms with Gasteiger partial charge in [0.1, 0.15) is 0 Å². The monoisotopic (exact) mass is 380 g/mol. The lowest BCUT2D eigenvalue weighted by Gasteiger charge is -2.17. The highest BCUT2D eigenvalue weighted by Gasteiger charge is 2.12. The number of benzene rings is 1. The lowest BCUT2D eigenvalue weighted by Crippen LogP contribution is -2.30. The molecule has 1 atom stereocenters. The van der Waals surface area contributed by atoms with E-state index < -0.39 is 0 Å². The van der Waals surface area contributed by atoms with Gasteiger partial charge in [0.2, 0.25) is 0 Å². The largest absolute Gasteiger partial charge is 0.373 e. The van der Waals surface area contributed by atoms with Gasteiger partial charge in [0.05, 0.1) is 20.7 Å². The Morgan fingerprint density at radius 1 is 1.25 bits per heavy atom. The summed E-state index contributed by atoms with van der Waals surface area (Å²) in [6.45, 7) is 0.527. The molecular formula is C17H18Cl2N4S. The summed E-state index contributed by atoms with van der Waals surface area (Å²) in [6.07, 6.45) is 2.58. The number of aryl methyl sites for hydroxylation is 1. The van der Waals surface area contributed by atoms with Crippen LogP contribution in [0.3, 0.4) is 0 Å². The number of nitrogens with two attached hydrogens (primary N) is 1. The Morgan fingerprint density at radius 3 is 2.75 bits per heavy atom. The maximum atomic E-state index is 6.09. The molecule has 3 aromatic rings. The fourth-order valence-corrected chi connectivity index (χ4v) is 3.74. The summed E-state index contributed by atoms with van der Waals surface area (Å²) < 4.78 is 1.86. The van der Waals surface area contributed by atoms with Crippen LogP contribution in [0.25, 0.3) is 11.3 Å². The van der Waals surface area contributed by atoms with Gasteiger partial charge < -0.3 is 11.1 Å². The van der Waals surface area contributed by atoms with Crippen molar-refractivity contribution >= 4 is 39.5 Å². The summed E-state index contributed by atoms with van der Waals surface area (Å²) in [7, 11) is 1.94. The number of hydrogen-bond donors (Lipinski definition) is 2. The zero-order chi connectivity index (χ0) is 17.1. The van der Waals surface area contributed by atoms with Crippen molar-refractivity contribution in [3.63, 3.8) is 0 Å². The third kappa shape index (κ3) is 3.92. The minimum Gasteiger partial charge on any atom is -0.373 e. The molecule has 126 valence electrons. The lowest BCUT2D eigenvalue weighted by molar-refractivity contribution is 0.726. The number of aromatic nitrogens is 2. The first kappa shape index (κ1) is 17.3. The van der Waals surface area contributed by atoms with E-state index >= 15 is 0 Å². The molecule has 0 bridgehead atoms. The molecule has 2 aromatic heterocycles. The maximum absolute atomic E-state index is 6.09. The minimum absolute atomic E-state index is 0.125. The third-order valence-corrected chi connectivity index (χ3v) is 5.41. The average molecular weight is 381 g/mol. The molecule has 3 N–H and O–H groups in total. The first-order valence-corrected chi connectivity index (χ1v) is 9.18. The molecule has 0 unspecified atom stereocenters. The van der Waals surface area contributed by atoms with Crippen molar-refractivity contribution in [2.24, 2.45) is 12.8 Å². The number of halogens is 2. The summed E-state index contributed by atoms with van der Waals surface area (Å²) in [5, 5.41) is 12.0. The summed E-state index contributed by atoms with van der Waals surface area (Å²) in [5.41, 5.74) is 9.28. The molecular weight excluding hydrogens is 363 g/mol. The molecule has 0 amide bonds. The molecule has 7 heteroatoms. The van der Waals surface area contributed by atoms with Crippen LogP contribution in [-0.4, -0.2) is 22.4 Å². The molecule has 0 saturated carbocycles. The molecule has 0 saturated heterocycles. The number of nitrogens with one attached hydrogen (secondary N) is 1. The molecule has 3 rings (SSSR count). The number of rotatable bonds is 6. The minimum atomic E-state index is 0.125. The van der Waals surface area contributed by atoms with Crippen LogP contribution in [0.4, 0.5) is 5.00 Å². The Morgan fingerprint density at radius 2 is 2.08 bits per heavy atom. The van der Waals surface area contributed by atoms with Crippen LogP contribution in [0.1, 0.15) is 5.56 Å². The van der Waals surface area contributed by atoms with Crippen molar-refractivity contribution in [3.8, 4) is 11.3 Å². The highest BCUT2D eigenvalue weighted by atomic mass is 35.5. The van der Waals surface area contributed by atoms with Crippen molar-refractivity contribution < 1.29 is 0 Å². The van der Waals surface area contributed by atoms with Gasteiger partial charge in [-0.1, -0.05) is 29.3 Å². The number of thiophene rings is 1. The number of nitrogens with zero attached hydrogens (tertiary/aromatic N) is 2. The third-order valence-electron chi connectivity index (χ3n) is 3.81. The first-order chi connectivity index (χ1) is 11.6. The van der Waals surface area contributed by atoms with Gasteiger partial charge in [0.15, 0.2) is 0 Å². The van der Waals surface area contributed by atoms with Gasteiger partial charge in [-0.3, -0.25) is 4.68 Å². The van der Waals surface area contributed by atoms with E-state index in [1.165, 1.54) is 0 Å². The van der Waals surface area contributed by atoms with Crippen LogP contribution in [0.15, 0.2) is 41.9 Å². The Labute approximate surface area is 155 Å². The van der Waals surface area contributed by atoms with Crippen molar-refractivity contribution in [3.05, 3.63) is 57.5 Å². The van der Waals surface area contributed by atoms with Gasteiger partial charge in [-0.2, -0.15) is 5.10 Å². The summed E-state index contributed by atoms with van der Waals surface area (Å²) in [5.74, 6) is 0. The standard InChI is InChI=1S/C17H18Cl2N4S/c1-23-16(4-5-21-23)12-8-17(24-10-12)22-13(9-20)6-11-2-3-14(18)15(19)7-11/h2-5,7-8,10,13,22H,6,9,20H2,1H3/t13-/m0/s1. The molecule has 0 aliphatic carbocycles. The van der Waals surface area contributed by atoms with Gasteiger partial charge in [-0.25, -0.2) is 0 Å². The second-order valence-corrected chi connectivity index (χ2v) is 7.29. The highest BCUT2D eigenvalue weighted by molar-refractivity contribution is 7.14. The van der Waals surface area contributed by atoms with Gasteiger partial charge >= 0.3 is 0 Å². The SMILES string of the molecule is Cn1nccc1-c1csc(N[C@H](CN)Cc2ccc(Cl)c(Cl)c2)c1. The zero-order valence-corrected chi connectivity index (χ0v) is 15.5. The van der Waals surface area contributed by atoms with Crippen LogP contribution in [0.5, 0.6) is 0 Å². The molecule has 0 radical (unpaired) electrons. The van der Waals surface area contributed by atoms with E-state index in [0.717, 1.165) is 28.2 Å². The van der Waals surface area contributed by atoms with E-state index in [9.17, 15) is 0 Å². The van der Waals surface area contributed by atoms with Crippen molar-refractivity contribution in [2.45, 2.75) is 12.5 Å². The maximum Gasteiger partial charge on any atom is 0.0892 e. The molecule has 0 spiro atoms. The van der Waals surface area contributed by atoms with E-state index in [4.69, 9.17) is 28.9 Å². The van der Waals surface area contributed by atoms with E-state index in [1.54, 1.807) is 17.5 Å². The lowest BCUT2D eigenvalue weighted by atomic mass is 10.1. The van der Waals surface area contributed by atoms with Gasteiger partial charge in [0, 0.05) is 36.8 Å². The number of hydrogen-bond acceptors (Lipinski definition) is 4. The molecule has 4 nitrogen and oxygen atoms in total. The van der Waals surface area contributed by atoms with E-state index in [1.807, 2.05) is 36.0 Å². The first-order valence-electron chi connectivity index (χ1n) is 7.54. The van der Waals surface area contributed by atoms with Crippen LogP contribution < -0.4 is 11.1 Å². The van der Waals surface area contributed by atoms with Crippen molar-refractivity contribution in [1.29, 1.82) is 0 Å². The molecule has 24 heavy (non-hydrogen) atoms. The Kier molecular flexibility index (Phi) is 5.46. The highest BCUT2D eigenvalue weighted by Crippen LogP contribution is 2.29. The van der Waals surface area contributed by atoms with E-state index in [2.05, 4.69) is 21.9 Å². The Hall–Kier alpha value is -1.53. The van der Waals surface area contributed by atoms with Crippen LogP contribution in [0, 0.1) is 0 Å². The summed E-state index contributed by atoms with van der Waals surface area (Å²) >= 11 is 13.7. The fraction of sp³-hybridized carbons (Fsp3) is 0.235.